The normalized spacial score (nSPS) is 13.9. The van der Waals surface area contributed by atoms with Crippen molar-refractivity contribution in [2.45, 2.75) is 160 Å². The van der Waals surface area contributed by atoms with Crippen molar-refractivity contribution < 1.29 is 33.2 Å². The molecule has 0 aliphatic heterocycles. The van der Waals surface area contributed by atoms with Gasteiger partial charge in [0.2, 0.25) is 0 Å². The van der Waals surface area contributed by atoms with Crippen LogP contribution < -0.4 is 0 Å². The van der Waals surface area contributed by atoms with Gasteiger partial charge in [0.25, 0.3) is 0 Å². The SMILES string of the molecule is C=S(=O)(N(C)C)C(C)(C)C.CC(C)(C)/C=C/C(=O)c1ccccc1.CC(C)(C)C(O)c1ccccc1.CCOC(=O)C(CC)OC(C)(C)C.Cc1nn(C)cc1C(=O)CC(C)(C)C. The van der Waals surface area contributed by atoms with Crippen LogP contribution in [-0.4, -0.2) is 84.0 Å². The van der Waals surface area contributed by atoms with Crippen LogP contribution in [0.2, 0.25) is 0 Å². The Hall–Kier alpha value is -3.90. The largest absolute Gasteiger partial charge is 0.464 e. The smallest absolute Gasteiger partial charge is 0.335 e. The van der Waals surface area contributed by atoms with Gasteiger partial charge >= 0.3 is 5.97 Å². The molecule has 1 N–H and O–H groups in total. The second kappa shape index (κ2) is 26.8. The summed E-state index contributed by atoms with van der Waals surface area (Å²) in [6.07, 6.45) is 5.79. The first-order valence-corrected chi connectivity index (χ1v) is 23.5. The lowest BCUT2D eigenvalue weighted by atomic mass is 9.85. The highest BCUT2D eigenvalue weighted by Crippen LogP contribution is 2.32. The molecule has 0 aliphatic rings. The number of allylic oxidation sites excluding steroid dienone is 2. The lowest BCUT2D eigenvalue weighted by Crippen LogP contribution is -2.38. The van der Waals surface area contributed by atoms with E-state index in [0.29, 0.717) is 19.4 Å². The van der Waals surface area contributed by atoms with Crippen molar-refractivity contribution in [3.8, 4) is 0 Å². The molecule has 1 aromatic heterocycles. The minimum absolute atomic E-state index is 0.0410. The summed E-state index contributed by atoms with van der Waals surface area (Å²) in [6.45, 7) is 36.1. The van der Waals surface area contributed by atoms with Crippen molar-refractivity contribution in [2.24, 2.45) is 23.3 Å². The van der Waals surface area contributed by atoms with Gasteiger partial charge in [-0.15, -0.1) is 0 Å². The van der Waals surface area contributed by atoms with Gasteiger partial charge in [0.15, 0.2) is 17.7 Å². The molecule has 63 heavy (non-hydrogen) atoms. The van der Waals surface area contributed by atoms with E-state index in [0.717, 1.165) is 22.4 Å². The summed E-state index contributed by atoms with van der Waals surface area (Å²) in [6, 6.07) is 19.1. The number of aliphatic hydroxyl groups is 1. The summed E-state index contributed by atoms with van der Waals surface area (Å²) in [5, 5.41) is 14.0. The van der Waals surface area contributed by atoms with Gasteiger partial charge in [0, 0.05) is 39.7 Å². The van der Waals surface area contributed by atoms with Gasteiger partial charge in [-0.05, 0) is 110 Å². The number of hydrogen-bond donors (Lipinski definition) is 1. The van der Waals surface area contributed by atoms with Gasteiger partial charge in [-0.2, -0.15) is 5.10 Å². The van der Waals surface area contributed by atoms with Crippen LogP contribution in [0.3, 0.4) is 0 Å². The van der Waals surface area contributed by atoms with Gasteiger partial charge in [0.05, 0.1) is 29.6 Å². The van der Waals surface area contributed by atoms with Crippen molar-refractivity contribution in [2.75, 3.05) is 20.7 Å². The van der Waals surface area contributed by atoms with Gasteiger partial charge in [-0.1, -0.05) is 136 Å². The number of rotatable bonds is 10. The number of ketones is 2. The van der Waals surface area contributed by atoms with Crippen molar-refractivity contribution in [3.63, 3.8) is 0 Å². The topological polar surface area (TPSA) is 128 Å². The van der Waals surface area contributed by atoms with Gasteiger partial charge in [0.1, 0.15) is 0 Å². The molecule has 0 bridgehead atoms. The van der Waals surface area contributed by atoms with Crippen LogP contribution >= 0.6 is 0 Å². The molecule has 0 aliphatic carbocycles. The number of aromatic nitrogens is 2. The van der Waals surface area contributed by atoms with Gasteiger partial charge in [-0.25, -0.2) is 9.10 Å². The molecule has 3 atom stereocenters. The lowest BCUT2D eigenvalue weighted by Gasteiger charge is -2.29. The molecule has 11 heteroatoms. The maximum absolute atomic E-state index is 11.8. The van der Waals surface area contributed by atoms with E-state index in [2.05, 4.69) is 52.5 Å². The Morgan fingerprint density at radius 1 is 0.841 bits per heavy atom. The predicted molar refractivity (Wildman–Crippen MR) is 267 cm³/mol. The molecule has 0 radical (unpaired) electrons. The summed E-state index contributed by atoms with van der Waals surface area (Å²) >= 11 is 0. The maximum atomic E-state index is 11.8. The van der Waals surface area contributed by atoms with Crippen molar-refractivity contribution in [1.82, 2.24) is 14.1 Å². The number of benzene rings is 2. The zero-order chi connectivity index (χ0) is 49.8. The molecule has 10 nitrogen and oxygen atoms in total. The Morgan fingerprint density at radius 2 is 1.32 bits per heavy atom. The molecule has 358 valence electrons. The number of nitrogens with zero attached hydrogens (tertiary/aromatic N) is 3. The number of carbonyl (C=O) groups is 3. The van der Waals surface area contributed by atoms with Crippen LogP contribution in [0, 0.1) is 23.2 Å². The van der Waals surface area contributed by atoms with E-state index in [4.69, 9.17) is 9.47 Å². The average Bonchev–Trinajstić information content (AvgIpc) is 3.49. The summed E-state index contributed by atoms with van der Waals surface area (Å²) in [4.78, 5) is 34.8. The second-order valence-corrected chi connectivity index (χ2v) is 24.3. The van der Waals surface area contributed by atoms with E-state index < -0.39 is 15.8 Å². The Bertz CT molecular complexity index is 1920. The van der Waals surface area contributed by atoms with Crippen LogP contribution in [-0.2, 0) is 31.0 Å². The van der Waals surface area contributed by atoms with E-state index >= 15 is 0 Å². The van der Waals surface area contributed by atoms with Crippen molar-refractivity contribution in [3.05, 3.63) is 101 Å². The van der Waals surface area contributed by atoms with Crippen molar-refractivity contribution in [1.29, 1.82) is 0 Å². The number of hydrogen-bond acceptors (Lipinski definition) is 8. The van der Waals surface area contributed by atoms with E-state index in [9.17, 15) is 23.7 Å². The molecule has 0 saturated heterocycles. The van der Waals surface area contributed by atoms with E-state index in [1.807, 2.05) is 150 Å². The molecule has 3 rings (SSSR count). The highest BCUT2D eigenvalue weighted by molar-refractivity contribution is 7.99. The predicted octanol–water partition coefficient (Wildman–Crippen LogP) is 11.7. The molecule has 0 amide bonds. The van der Waals surface area contributed by atoms with Gasteiger partial charge < -0.3 is 14.6 Å². The van der Waals surface area contributed by atoms with Crippen molar-refractivity contribution >= 4 is 33.1 Å². The molecule has 0 fully saturated rings. The third-order valence-corrected chi connectivity index (χ3v) is 11.8. The first-order chi connectivity index (χ1) is 28.4. The molecule has 2 aromatic carbocycles. The molecular formula is C52H87N3O7S. The molecule has 3 aromatic rings. The fraction of sp³-hybridized carbons (Fsp3) is 0.596. The van der Waals surface area contributed by atoms with E-state index in [1.54, 1.807) is 42.3 Å². The van der Waals surface area contributed by atoms with Crippen LogP contribution in [0.5, 0.6) is 0 Å². The molecule has 1 heterocycles. The van der Waals surface area contributed by atoms with Gasteiger partial charge in [-0.3, -0.25) is 18.5 Å². The zero-order valence-electron chi connectivity index (χ0n) is 43.1. The number of Topliss-reactive ketones (excluding diaryl/α,β-unsaturated/α-hetero) is 1. The Kier molecular flexibility index (Phi) is 26.0. The summed E-state index contributed by atoms with van der Waals surface area (Å²) in [5.41, 5.74) is 3.03. The quantitative estimate of drug-likeness (QED) is 0.0922. The summed E-state index contributed by atoms with van der Waals surface area (Å²) in [7, 11) is 3.34. The third-order valence-electron chi connectivity index (χ3n) is 8.70. The Labute approximate surface area is 384 Å². The molecule has 3 unspecified atom stereocenters. The highest BCUT2D eigenvalue weighted by atomic mass is 32.2. The molecular weight excluding hydrogens is 811 g/mol. The van der Waals surface area contributed by atoms with Crippen LogP contribution in [0.4, 0.5) is 0 Å². The van der Waals surface area contributed by atoms with Crippen LogP contribution in [0.25, 0.3) is 0 Å². The average molecular weight is 898 g/mol. The minimum Gasteiger partial charge on any atom is -0.464 e. The molecule has 0 saturated carbocycles. The Balaban J connectivity index is 0. The van der Waals surface area contributed by atoms with E-state index in [-0.39, 0.29) is 50.2 Å². The first kappa shape index (κ1) is 61.2. The van der Waals surface area contributed by atoms with E-state index in [1.165, 1.54) is 0 Å². The zero-order valence-corrected chi connectivity index (χ0v) is 44.0. The summed E-state index contributed by atoms with van der Waals surface area (Å²) in [5.74, 6) is 3.68. The minimum atomic E-state index is -2.08. The third kappa shape index (κ3) is 27.1. The number of esters is 1. The fourth-order valence-corrected chi connectivity index (χ4v) is 6.21. The second-order valence-electron chi connectivity index (χ2n) is 21.0. The number of ether oxygens (including phenoxy) is 2. The first-order valence-electron chi connectivity index (χ1n) is 21.8. The lowest BCUT2D eigenvalue weighted by molar-refractivity contribution is -0.166. The monoisotopic (exact) mass is 898 g/mol. The molecule has 0 spiro atoms. The highest BCUT2D eigenvalue weighted by Gasteiger charge is 2.26. The van der Waals surface area contributed by atoms with Crippen LogP contribution in [0.1, 0.15) is 169 Å². The summed E-state index contributed by atoms with van der Waals surface area (Å²) < 4.78 is 25.3. The fourth-order valence-electron chi connectivity index (χ4n) is 5.12. The Morgan fingerprint density at radius 3 is 1.63 bits per heavy atom. The van der Waals surface area contributed by atoms with Crippen LogP contribution in [0.15, 0.2) is 79.0 Å². The standard InChI is InChI=1S/C13H16O.C11H18N2O.C11H16O.C10H20O3.C7H17NOS/c1-13(2,3)10-9-12(14)11-7-5-4-6-8-11;1-8-9(7-13(5)12-8)10(14)6-11(2,3)4;1-11(2,3)10(12)9-7-5-4-6-8-9;1-6-8(9(11)12-7-2)13-10(3,4)5;1-7(2,3)10(6,9)8(4)5/h4-10H,1-3H3;7H,6H2,1-5H3;4-8,10,12H,1-3H3;8H,6-7H2,1-5H3;6H2,1-5H3/b10-9+;;;;. The number of carbonyl (C=O) groups excluding carboxylic acids is 3. The number of aryl methyl sites for hydroxylation is 2. The maximum Gasteiger partial charge on any atom is 0.335 e. The number of aliphatic hydroxyl groups excluding tert-OH is 1.